The molecule has 4 nitrogen and oxygen atoms in total. The van der Waals surface area contributed by atoms with Crippen LogP contribution >= 0.6 is 22.6 Å². The van der Waals surface area contributed by atoms with Crippen LogP contribution in [0.3, 0.4) is 0 Å². The van der Waals surface area contributed by atoms with Gasteiger partial charge in [0.2, 0.25) is 0 Å². The second-order valence-electron chi connectivity index (χ2n) is 4.55. The molecule has 19 heavy (non-hydrogen) atoms. The van der Waals surface area contributed by atoms with Gasteiger partial charge in [0.1, 0.15) is 5.82 Å². The summed E-state index contributed by atoms with van der Waals surface area (Å²) in [6, 6.07) is 3.99. The molecule has 1 aliphatic rings. The van der Waals surface area contributed by atoms with Gasteiger partial charge in [-0.2, -0.15) is 0 Å². The van der Waals surface area contributed by atoms with Crippen molar-refractivity contribution in [2.45, 2.75) is 12.8 Å². The highest BCUT2D eigenvalue weighted by Gasteiger charge is 2.29. The van der Waals surface area contributed by atoms with E-state index in [0.29, 0.717) is 28.5 Å². The van der Waals surface area contributed by atoms with E-state index in [-0.39, 0.29) is 18.3 Å². The Hall–Kier alpha value is -1.18. The first-order chi connectivity index (χ1) is 8.99. The van der Waals surface area contributed by atoms with Gasteiger partial charge in [0.05, 0.1) is 11.5 Å². The summed E-state index contributed by atoms with van der Waals surface area (Å²) in [4.78, 5) is 24.8. The maximum Gasteiger partial charge on any atom is 0.308 e. The van der Waals surface area contributed by atoms with Gasteiger partial charge in [0.25, 0.3) is 5.91 Å². The van der Waals surface area contributed by atoms with Crippen LogP contribution in [0.15, 0.2) is 18.2 Å². The highest BCUT2D eigenvalue weighted by atomic mass is 127. The van der Waals surface area contributed by atoms with Crippen molar-refractivity contribution in [1.82, 2.24) is 4.90 Å². The van der Waals surface area contributed by atoms with Crippen LogP contribution < -0.4 is 0 Å². The monoisotopic (exact) mass is 377 g/mol. The highest BCUT2D eigenvalue weighted by molar-refractivity contribution is 14.1. The molecule has 0 spiro atoms. The van der Waals surface area contributed by atoms with Crippen LogP contribution in [-0.4, -0.2) is 35.0 Å². The zero-order valence-corrected chi connectivity index (χ0v) is 12.3. The lowest BCUT2D eigenvalue weighted by Gasteiger charge is -2.31. The smallest absolute Gasteiger partial charge is 0.308 e. The van der Waals surface area contributed by atoms with E-state index in [1.165, 1.54) is 23.1 Å². The number of halogens is 2. The van der Waals surface area contributed by atoms with Crippen molar-refractivity contribution in [3.05, 3.63) is 33.1 Å². The molecule has 1 fully saturated rings. The number of carboxylic acid groups (broad SMARTS) is 1. The van der Waals surface area contributed by atoms with Crippen molar-refractivity contribution in [2.75, 3.05) is 13.1 Å². The first-order valence-corrected chi connectivity index (χ1v) is 7.04. The van der Waals surface area contributed by atoms with Crippen LogP contribution in [0.1, 0.15) is 23.2 Å². The van der Waals surface area contributed by atoms with Crippen LogP contribution in [0.5, 0.6) is 0 Å². The summed E-state index contributed by atoms with van der Waals surface area (Å²) in [6.07, 6.45) is 1.28. The van der Waals surface area contributed by atoms with Crippen molar-refractivity contribution in [3.63, 3.8) is 0 Å². The molecule has 1 heterocycles. The van der Waals surface area contributed by atoms with Gasteiger partial charge in [-0.15, -0.1) is 0 Å². The van der Waals surface area contributed by atoms with E-state index in [0.717, 1.165) is 0 Å². The first kappa shape index (κ1) is 14.2. The van der Waals surface area contributed by atoms with Gasteiger partial charge >= 0.3 is 5.97 Å². The molecule has 1 aromatic rings. The normalized spacial score (nSPS) is 19.3. The van der Waals surface area contributed by atoms with E-state index in [1.807, 2.05) is 22.6 Å². The molecule has 1 saturated heterocycles. The zero-order valence-electron chi connectivity index (χ0n) is 10.1. The molecule has 0 aromatic heterocycles. The van der Waals surface area contributed by atoms with Crippen molar-refractivity contribution < 1.29 is 19.1 Å². The SMILES string of the molecule is O=C(O)C1CCCN(C(=O)c2ccc(F)cc2I)C1. The summed E-state index contributed by atoms with van der Waals surface area (Å²) >= 11 is 1.91. The number of likely N-dealkylation sites (tertiary alicyclic amines) is 1. The van der Waals surface area contributed by atoms with E-state index in [4.69, 9.17) is 5.11 Å². The molecule has 0 aliphatic carbocycles. The number of piperidine rings is 1. The van der Waals surface area contributed by atoms with Crippen molar-refractivity contribution in [2.24, 2.45) is 5.92 Å². The minimum Gasteiger partial charge on any atom is -0.481 e. The van der Waals surface area contributed by atoms with Crippen molar-refractivity contribution >= 4 is 34.5 Å². The van der Waals surface area contributed by atoms with E-state index >= 15 is 0 Å². The Labute approximate surface area is 123 Å². The lowest BCUT2D eigenvalue weighted by atomic mass is 9.97. The third kappa shape index (κ3) is 3.23. The number of carboxylic acids is 1. The van der Waals surface area contributed by atoms with Crippen LogP contribution in [0.4, 0.5) is 4.39 Å². The molecule has 1 atom stereocenters. The number of rotatable bonds is 2. The second kappa shape index (κ2) is 5.85. The van der Waals surface area contributed by atoms with Crippen LogP contribution in [-0.2, 0) is 4.79 Å². The van der Waals surface area contributed by atoms with E-state index < -0.39 is 11.9 Å². The maximum absolute atomic E-state index is 13.0. The van der Waals surface area contributed by atoms with Crippen molar-refractivity contribution in [3.8, 4) is 0 Å². The quantitative estimate of drug-likeness (QED) is 0.806. The van der Waals surface area contributed by atoms with Crippen LogP contribution in [0, 0.1) is 15.3 Å². The van der Waals surface area contributed by atoms with Gasteiger partial charge in [-0.05, 0) is 53.6 Å². The number of nitrogens with zero attached hydrogens (tertiary/aromatic N) is 1. The molecule has 1 unspecified atom stereocenters. The fraction of sp³-hybridized carbons (Fsp3) is 0.385. The molecule has 2 rings (SSSR count). The van der Waals surface area contributed by atoms with Gasteiger partial charge < -0.3 is 10.0 Å². The lowest BCUT2D eigenvalue weighted by Crippen LogP contribution is -2.42. The molecule has 1 aliphatic heterocycles. The summed E-state index contributed by atoms with van der Waals surface area (Å²) in [5.74, 6) is -1.99. The number of aliphatic carboxylic acids is 1. The summed E-state index contributed by atoms with van der Waals surface area (Å²) in [7, 11) is 0. The molecular formula is C13H13FINO3. The lowest BCUT2D eigenvalue weighted by molar-refractivity contribution is -0.143. The van der Waals surface area contributed by atoms with Crippen LogP contribution in [0.25, 0.3) is 0 Å². The molecule has 0 saturated carbocycles. The molecular weight excluding hydrogens is 364 g/mol. The molecule has 1 amide bonds. The number of hydrogen-bond donors (Lipinski definition) is 1. The second-order valence-corrected chi connectivity index (χ2v) is 5.71. The number of amides is 1. The zero-order chi connectivity index (χ0) is 14.0. The van der Waals surface area contributed by atoms with Crippen molar-refractivity contribution in [1.29, 1.82) is 0 Å². The summed E-state index contributed by atoms with van der Waals surface area (Å²) in [6.45, 7) is 0.775. The van der Waals surface area contributed by atoms with E-state index in [2.05, 4.69) is 0 Å². The van der Waals surface area contributed by atoms with Gasteiger partial charge in [0.15, 0.2) is 0 Å². The Morgan fingerprint density at radius 2 is 2.16 bits per heavy atom. The summed E-state index contributed by atoms with van der Waals surface area (Å²) in [5, 5.41) is 9.01. The number of hydrogen-bond acceptors (Lipinski definition) is 2. The Balaban J connectivity index is 2.17. The fourth-order valence-electron chi connectivity index (χ4n) is 2.20. The van der Waals surface area contributed by atoms with Gasteiger partial charge in [-0.3, -0.25) is 9.59 Å². The molecule has 1 aromatic carbocycles. The Morgan fingerprint density at radius 1 is 1.42 bits per heavy atom. The van der Waals surface area contributed by atoms with Gasteiger partial charge in [-0.25, -0.2) is 4.39 Å². The summed E-state index contributed by atoms with van der Waals surface area (Å²) < 4.78 is 13.6. The third-order valence-corrected chi connectivity index (χ3v) is 4.11. The number of carbonyl (C=O) groups is 2. The standard InChI is InChI=1S/C13H13FINO3/c14-9-3-4-10(11(15)6-9)12(17)16-5-1-2-8(7-16)13(18)19/h3-4,6,8H,1-2,5,7H2,(H,18,19). The van der Waals surface area contributed by atoms with E-state index in [9.17, 15) is 14.0 Å². The Morgan fingerprint density at radius 3 is 2.79 bits per heavy atom. The minimum absolute atomic E-state index is 0.224. The Bertz CT molecular complexity index is 521. The molecule has 0 radical (unpaired) electrons. The largest absolute Gasteiger partial charge is 0.481 e. The predicted molar refractivity (Wildman–Crippen MR) is 75.4 cm³/mol. The van der Waals surface area contributed by atoms with E-state index in [1.54, 1.807) is 0 Å². The minimum atomic E-state index is -0.869. The van der Waals surface area contributed by atoms with Gasteiger partial charge in [0, 0.05) is 16.7 Å². The fourth-order valence-corrected chi connectivity index (χ4v) is 2.90. The average Bonchev–Trinajstić information content (AvgIpc) is 2.38. The molecule has 0 bridgehead atoms. The first-order valence-electron chi connectivity index (χ1n) is 5.96. The third-order valence-electron chi connectivity index (χ3n) is 3.22. The van der Waals surface area contributed by atoms with Gasteiger partial charge in [-0.1, -0.05) is 0 Å². The molecule has 6 heteroatoms. The maximum atomic E-state index is 13.0. The predicted octanol–water partition coefficient (Wildman–Crippen LogP) is 2.37. The van der Waals surface area contributed by atoms with Crippen LogP contribution in [0.2, 0.25) is 0 Å². The highest BCUT2D eigenvalue weighted by Crippen LogP contribution is 2.21. The number of benzene rings is 1. The Kier molecular flexibility index (Phi) is 4.38. The summed E-state index contributed by atoms with van der Waals surface area (Å²) in [5.41, 5.74) is 0.424. The molecule has 102 valence electrons. The molecule has 1 N–H and O–H groups in total. The topological polar surface area (TPSA) is 57.6 Å². The number of carbonyl (C=O) groups excluding carboxylic acids is 1. The average molecular weight is 377 g/mol.